The molecule has 0 aliphatic carbocycles. The average Bonchev–Trinajstić information content (AvgIpc) is 3.24. The number of para-hydroxylation sites is 2. The van der Waals surface area contributed by atoms with Gasteiger partial charge in [-0.2, -0.15) is 16.3 Å². The molecule has 23 heavy (non-hydrogen) atoms. The number of rotatable bonds is 3. The molecule has 3 heterocycles. The fraction of sp³-hybridized carbons (Fsp3) is 0.294. The van der Waals surface area contributed by atoms with E-state index in [1.54, 1.807) is 11.3 Å². The van der Waals surface area contributed by atoms with E-state index < -0.39 is 0 Å². The van der Waals surface area contributed by atoms with E-state index in [0.717, 1.165) is 29.8 Å². The first-order chi connectivity index (χ1) is 11.3. The Labute approximate surface area is 138 Å². The summed E-state index contributed by atoms with van der Waals surface area (Å²) in [7, 11) is 0. The van der Waals surface area contributed by atoms with Gasteiger partial charge in [0.1, 0.15) is 5.52 Å². The van der Waals surface area contributed by atoms with E-state index in [1.165, 1.54) is 0 Å². The van der Waals surface area contributed by atoms with Crippen LogP contribution < -0.4 is 4.90 Å². The van der Waals surface area contributed by atoms with Crippen molar-refractivity contribution in [2.75, 3.05) is 31.1 Å². The number of carbonyl (C=O) groups is 1. The molecule has 0 saturated carbocycles. The Kier molecular flexibility index (Phi) is 3.75. The van der Waals surface area contributed by atoms with Crippen molar-refractivity contribution < 1.29 is 9.21 Å². The van der Waals surface area contributed by atoms with Gasteiger partial charge in [-0.05, 0) is 34.5 Å². The van der Waals surface area contributed by atoms with E-state index in [9.17, 15) is 4.79 Å². The third-order valence-corrected chi connectivity index (χ3v) is 4.85. The molecule has 4 rings (SSSR count). The summed E-state index contributed by atoms with van der Waals surface area (Å²) in [5, 5.41) is 4.04. The van der Waals surface area contributed by atoms with Crippen LogP contribution in [0.3, 0.4) is 0 Å². The minimum atomic E-state index is 0.195. The predicted octanol–water partition coefficient (Wildman–Crippen LogP) is 2.78. The van der Waals surface area contributed by atoms with Crippen molar-refractivity contribution in [3.63, 3.8) is 0 Å². The molecule has 0 N–H and O–H groups in total. The van der Waals surface area contributed by atoms with Crippen LogP contribution in [0.5, 0.6) is 0 Å². The van der Waals surface area contributed by atoms with E-state index >= 15 is 0 Å². The molecule has 0 spiro atoms. The fourth-order valence-electron chi connectivity index (χ4n) is 2.82. The molecular formula is C17H17N3O2S. The van der Waals surface area contributed by atoms with Gasteiger partial charge in [0.15, 0.2) is 5.58 Å². The number of fused-ring (bicyclic) bond motifs is 1. The number of thiophene rings is 1. The smallest absolute Gasteiger partial charge is 0.298 e. The molecule has 1 aliphatic heterocycles. The van der Waals surface area contributed by atoms with Crippen LogP contribution in [0.2, 0.25) is 0 Å². The van der Waals surface area contributed by atoms with Crippen LogP contribution >= 0.6 is 11.3 Å². The van der Waals surface area contributed by atoms with Crippen molar-refractivity contribution in [1.82, 2.24) is 9.88 Å². The third kappa shape index (κ3) is 2.94. The summed E-state index contributed by atoms with van der Waals surface area (Å²) in [5.74, 6) is 0.195. The Hall–Kier alpha value is -2.34. The fourth-order valence-corrected chi connectivity index (χ4v) is 3.49. The summed E-state index contributed by atoms with van der Waals surface area (Å²) >= 11 is 1.63. The first-order valence-corrected chi connectivity index (χ1v) is 8.63. The second-order valence-corrected chi connectivity index (χ2v) is 6.42. The summed E-state index contributed by atoms with van der Waals surface area (Å²) < 4.78 is 5.80. The van der Waals surface area contributed by atoms with Crippen molar-refractivity contribution in [3.8, 4) is 0 Å². The zero-order valence-corrected chi connectivity index (χ0v) is 13.5. The maximum Gasteiger partial charge on any atom is 0.298 e. The normalized spacial score (nSPS) is 15.3. The molecule has 0 unspecified atom stereocenters. The molecule has 6 heteroatoms. The molecule has 1 aromatic carbocycles. The van der Waals surface area contributed by atoms with Crippen LogP contribution in [0.15, 0.2) is 45.5 Å². The zero-order valence-electron chi connectivity index (χ0n) is 12.6. The Morgan fingerprint density at radius 1 is 1.17 bits per heavy atom. The number of nitrogens with zero attached hydrogens (tertiary/aromatic N) is 3. The molecule has 0 atom stereocenters. The molecular weight excluding hydrogens is 310 g/mol. The first kappa shape index (κ1) is 14.3. The quantitative estimate of drug-likeness (QED) is 0.742. The first-order valence-electron chi connectivity index (χ1n) is 7.69. The number of anilines is 1. The summed E-state index contributed by atoms with van der Waals surface area (Å²) in [6.45, 7) is 2.92. The highest BCUT2D eigenvalue weighted by Crippen LogP contribution is 2.22. The van der Waals surface area contributed by atoms with Crippen LogP contribution in [-0.4, -0.2) is 42.0 Å². The molecule has 0 radical (unpaired) electrons. The van der Waals surface area contributed by atoms with E-state index in [-0.39, 0.29) is 5.91 Å². The number of piperazine rings is 1. The van der Waals surface area contributed by atoms with Crippen LogP contribution in [0.1, 0.15) is 5.56 Å². The highest BCUT2D eigenvalue weighted by molar-refractivity contribution is 7.08. The van der Waals surface area contributed by atoms with Crippen molar-refractivity contribution in [3.05, 3.63) is 46.7 Å². The number of amides is 1. The SMILES string of the molecule is O=C(Cc1ccsc1)N1CCN(c2nc3ccccc3o2)CC1. The zero-order chi connectivity index (χ0) is 15.6. The van der Waals surface area contributed by atoms with E-state index in [2.05, 4.69) is 9.88 Å². The highest BCUT2D eigenvalue weighted by atomic mass is 32.1. The standard InChI is InChI=1S/C17H17N3O2S/c21-16(11-13-5-10-23-12-13)19-6-8-20(9-7-19)17-18-14-3-1-2-4-15(14)22-17/h1-5,10,12H,6-9,11H2. The summed E-state index contributed by atoms with van der Waals surface area (Å²) in [5.41, 5.74) is 2.78. The third-order valence-electron chi connectivity index (χ3n) is 4.12. The van der Waals surface area contributed by atoms with E-state index in [0.29, 0.717) is 25.5 Å². The van der Waals surface area contributed by atoms with E-state index in [4.69, 9.17) is 4.42 Å². The minimum absolute atomic E-state index is 0.195. The Morgan fingerprint density at radius 3 is 2.74 bits per heavy atom. The van der Waals surface area contributed by atoms with Crippen LogP contribution in [0.25, 0.3) is 11.1 Å². The molecule has 2 aromatic heterocycles. The maximum atomic E-state index is 12.3. The topological polar surface area (TPSA) is 49.6 Å². The highest BCUT2D eigenvalue weighted by Gasteiger charge is 2.24. The molecule has 1 amide bonds. The predicted molar refractivity (Wildman–Crippen MR) is 90.8 cm³/mol. The number of carbonyl (C=O) groups excluding carboxylic acids is 1. The van der Waals surface area contributed by atoms with Gasteiger partial charge in [0.2, 0.25) is 5.91 Å². The molecule has 1 aliphatic rings. The lowest BCUT2D eigenvalue weighted by atomic mass is 10.2. The van der Waals surface area contributed by atoms with Gasteiger partial charge in [-0.25, -0.2) is 0 Å². The van der Waals surface area contributed by atoms with Gasteiger partial charge in [0, 0.05) is 26.2 Å². The number of hydrogen-bond donors (Lipinski definition) is 0. The van der Waals surface area contributed by atoms with E-state index in [1.807, 2.05) is 46.0 Å². The Bertz CT molecular complexity index is 771. The minimum Gasteiger partial charge on any atom is -0.423 e. The molecule has 1 fully saturated rings. The second-order valence-electron chi connectivity index (χ2n) is 5.64. The number of hydrogen-bond acceptors (Lipinski definition) is 5. The summed E-state index contributed by atoms with van der Waals surface area (Å²) in [6, 6.07) is 10.4. The Balaban J connectivity index is 1.39. The van der Waals surface area contributed by atoms with Gasteiger partial charge in [-0.15, -0.1) is 0 Å². The van der Waals surface area contributed by atoms with Crippen LogP contribution in [0.4, 0.5) is 6.01 Å². The number of aromatic nitrogens is 1. The van der Waals surface area contributed by atoms with Gasteiger partial charge in [0.25, 0.3) is 6.01 Å². The molecule has 0 bridgehead atoms. The number of oxazole rings is 1. The van der Waals surface area contributed by atoms with Gasteiger partial charge in [-0.3, -0.25) is 4.79 Å². The lowest BCUT2D eigenvalue weighted by molar-refractivity contribution is -0.130. The van der Waals surface area contributed by atoms with Crippen LogP contribution in [0, 0.1) is 0 Å². The lowest BCUT2D eigenvalue weighted by Gasteiger charge is -2.33. The summed E-state index contributed by atoms with van der Waals surface area (Å²) in [6.07, 6.45) is 0.492. The van der Waals surface area contributed by atoms with Crippen molar-refractivity contribution >= 4 is 34.4 Å². The maximum absolute atomic E-state index is 12.3. The Morgan fingerprint density at radius 2 is 2.00 bits per heavy atom. The average molecular weight is 327 g/mol. The largest absolute Gasteiger partial charge is 0.423 e. The second kappa shape index (κ2) is 6.04. The molecule has 5 nitrogen and oxygen atoms in total. The van der Waals surface area contributed by atoms with Gasteiger partial charge in [0.05, 0.1) is 6.42 Å². The molecule has 3 aromatic rings. The van der Waals surface area contributed by atoms with Gasteiger partial charge in [-0.1, -0.05) is 12.1 Å². The van der Waals surface area contributed by atoms with Crippen molar-refractivity contribution in [2.45, 2.75) is 6.42 Å². The number of benzene rings is 1. The monoisotopic (exact) mass is 327 g/mol. The molecule has 118 valence electrons. The molecule has 1 saturated heterocycles. The van der Waals surface area contributed by atoms with Gasteiger partial charge < -0.3 is 14.2 Å². The summed E-state index contributed by atoms with van der Waals surface area (Å²) in [4.78, 5) is 20.9. The van der Waals surface area contributed by atoms with Gasteiger partial charge >= 0.3 is 0 Å². The lowest BCUT2D eigenvalue weighted by Crippen LogP contribution is -2.49. The van der Waals surface area contributed by atoms with Crippen molar-refractivity contribution in [1.29, 1.82) is 0 Å². The van der Waals surface area contributed by atoms with Crippen molar-refractivity contribution in [2.24, 2.45) is 0 Å². The van der Waals surface area contributed by atoms with Crippen LogP contribution in [-0.2, 0) is 11.2 Å².